The number of nitro benzene ring substituents is 1. The molecule has 1 aromatic carbocycles. The largest absolute Gasteiger partial charge is 0.466 e. The molecule has 1 aromatic rings. The highest BCUT2D eigenvalue weighted by Crippen LogP contribution is 2.21. The second kappa shape index (κ2) is 5.90. The first-order valence-corrected chi connectivity index (χ1v) is 5.38. The Hall–Kier alpha value is -2.24. The number of benzene rings is 1. The van der Waals surface area contributed by atoms with E-state index in [0.29, 0.717) is 23.0 Å². The number of ether oxygens (including phenoxy) is 1. The highest BCUT2D eigenvalue weighted by atomic mass is 16.6. The summed E-state index contributed by atoms with van der Waals surface area (Å²) < 4.78 is 4.76. The number of nitro groups is 1. The van der Waals surface area contributed by atoms with Crippen LogP contribution in [0.4, 0.5) is 5.69 Å². The summed E-state index contributed by atoms with van der Waals surface area (Å²) in [7, 11) is 0. The topological polar surface area (TPSA) is 86.5 Å². The fourth-order valence-electron chi connectivity index (χ4n) is 1.64. The fourth-order valence-corrected chi connectivity index (χ4v) is 1.64. The third-order valence-electron chi connectivity index (χ3n) is 2.43. The number of aryl methyl sites for hydroxylation is 1. The SMILES string of the molecule is CCOC(=O)Cc1cc([N+](=O)[O-])cc(C)c1C=O. The molecule has 0 aliphatic rings. The van der Waals surface area contributed by atoms with E-state index in [-0.39, 0.29) is 18.7 Å². The molecule has 0 saturated heterocycles. The van der Waals surface area contributed by atoms with Crippen molar-refractivity contribution in [2.24, 2.45) is 0 Å². The van der Waals surface area contributed by atoms with Crippen LogP contribution in [0.5, 0.6) is 0 Å². The van der Waals surface area contributed by atoms with E-state index in [1.54, 1.807) is 13.8 Å². The lowest BCUT2D eigenvalue weighted by molar-refractivity contribution is -0.385. The van der Waals surface area contributed by atoms with Gasteiger partial charge in [-0.05, 0) is 25.0 Å². The average molecular weight is 251 g/mol. The molecule has 0 spiro atoms. The van der Waals surface area contributed by atoms with E-state index in [0.717, 1.165) is 0 Å². The lowest BCUT2D eigenvalue weighted by Gasteiger charge is -2.07. The molecule has 0 bridgehead atoms. The number of esters is 1. The van der Waals surface area contributed by atoms with Crippen molar-refractivity contribution in [1.29, 1.82) is 0 Å². The van der Waals surface area contributed by atoms with Crippen LogP contribution in [0.2, 0.25) is 0 Å². The Labute approximate surface area is 104 Å². The summed E-state index contributed by atoms with van der Waals surface area (Å²) >= 11 is 0. The first kappa shape index (κ1) is 13.8. The minimum Gasteiger partial charge on any atom is -0.466 e. The van der Waals surface area contributed by atoms with Gasteiger partial charge in [-0.25, -0.2) is 0 Å². The van der Waals surface area contributed by atoms with Crippen LogP contribution in [0.1, 0.15) is 28.4 Å². The monoisotopic (exact) mass is 251 g/mol. The summed E-state index contributed by atoms with van der Waals surface area (Å²) in [6, 6.07) is 2.53. The maximum absolute atomic E-state index is 11.4. The minimum atomic E-state index is -0.559. The summed E-state index contributed by atoms with van der Waals surface area (Å²) in [4.78, 5) is 32.5. The van der Waals surface area contributed by atoms with Gasteiger partial charge in [-0.2, -0.15) is 0 Å². The average Bonchev–Trinajstić information content (AvgIpc) is 2.28. The normalized spacial score (nSPS) is 9.89. The van der Waals surface area contributed by atoms with E-state index in [4.69, 9.17) is 4.74 Å². The number of aldehydes is 1. The number of hydrogen-bond donors (Lipinski definition) is 0. The van der Waals surface area contributed by atoms with E-state index in [1.807, 2.05) is 0 Å². The molecule has 0 aliphatic carbocycles. The highest BCUT2D eigenvalue weighted by molar-refractivity contribution is 5.84. The van der Waals surface area contributed by atoms with Gasteiger partial charge in [0.1, 0.15) is 0 Å². The smallest absolute Gasteiger partial charge is 0.310 e. The molecule has 0 N–H and O–H groups in total. The van der Waals surface area contributed by atoms with Gasteiger partial charge in [0.15, 0.2) is 6.29 Å². The van der Waals surface area contributed by atoms with Crippen LogP contribution in [0.15, 0.2) is 12.1 Å². The molecule has 0 saturated carbocycles. The molecular weight excluding hydrogens is 238 g/mol. The Kier molecular flexibility index (Phi) is 4.53. The van der Waals surface area contributed by atoms with Crippen molar-refractivity contribution in [2.75, 3.05) is 6.61 Å². The third kappa shape index (κ3) is 3.13. The second-order valence-electron chi connectivity index (χ2n) is 3.69. The van der Waals surface area contributed by atoms with Gasteiger partial charge in [0.2, 0.25) is 0 Å². The van der Waals surface area contributed by atoms with Crippen LogP contribution in [0.25, 0.3) is 0 Å². The molecule has 0 heterocycles. The Balaban J connectivity index is 3.18. The van der Waals surface area contributed by atoms with Crippen molar-refractivity contribution < 1.29 is 19.2 Å². The van der Waals surface area contributed by atoms with Gasteiger partial charge in [-0.15, -0.1) is 0 Å². The molecule has 0 radical (unpaired) electrons. The van der Waals surface area contributed by atoms with Crippen LogP contribution in [0.3, 0.4) is 0 Å². The zero-order valence-electron chi connectivity index (χ0n) is 10.1. The summed E-state index contributed by atoms with van der Waals surface area (Å²) in [5, 5.41) is 10.7. The van der Waals surface area contributed by atoms with Crippen molar-refractivity contribution in [1.82, 2.24) is 0 Å². The molecule has 6 heteroatoms. The number of carbonyl (C=O) groups is 2. The molecule has 0 aliphatic heterocycles. The molecule has 0 amide bonds. The van der Waals surface area contributed by atoms with Crippen LogP contribution in [0, 0.1) is 17.0 Å². The highest BCUT2D eigenvalue weighted by Gasteiger charge is 2.16. The van der Waals surface area contributed by atoms with Crippen molar-refractivity contribution in [3.63, 3.8) is 0 Å². The van der Waals surface area contributed by atoms with Crippen LogP contribution in [-0.2, 0) is 16.0 Å². The standard InChI is InChI=1S/C12H13NO5/c1-3-18-12(15)6-9-5-10(13(16)17)4-8(2)11(9)7-14/h4-5,7H,3,6H2,1-2H3. The summed E-state index contributed by atoms with van der Waals surface area (Å²) in [6.45, 7) is 3.48. The fraction of sp³-hybridized carbons (Fsp3) is 0.333. The van der Waals surface area contributed by atoms with Gasteiger partial charge in [-0.3, -0.25) is 19.7 Å². The van der Waals surface area contributed by atoms with Gasteiger partial charge in [0, 0.05) is 17.7 Å². The van der Waals surface area contributed by atoms with Crippen molar-refractivity contribution in [3.8, 4) is 0 Å². The van der Waals surface area contributed by atoms with Gasteiger partial charge in [0.25, 0.3) is 5.69 Å². The Morgan fingerprint density at radius 3 is 2.67 bits per heavy atom. The van der Waals surface area contributed by atoms with E-state index < -0.39 is 10.9 Å². The molecule has 18 heavy (non-hydrogen) atoms. The predicted octanol–water partition coefficient (Wildman–Crippen LogP) is 1.82. The number of rotatable bonds is 5. The third-order valence-corrected chi connectivity index (χ3v) is 2.43. The predicted molar refractivity (Wildman–Crippen MR) is 63.6 cm³/mol. The van der Waals surface area contributed by atoms with Crippen LogP contribution in [-0.4, -0.2) is 23.8 Å². The molecule has 0 aromatic heterocycles. The minimum absolute atomic E-state index is 0.141. The lowest BCUT2D eigenvalue weighted by Crippen LogP contribution is -2.10. The van der Waals surface area contributed by atoms with Gasteiger partial charge >= 0.3 is 5.97 Å². The maximum Gasteiger partial charge on any atom is 0.310 e. The van der Waals surface area contributed by atoms with Gasteiger partial charge < -0.3 is 4.74 Å². The lowest BCUT2D eigenvalue weighted by atomic mass is 9.99. The summed E-state index contributed by atoms with van der Waals surface area (Å²) in [5.41, 5.74) is 0.944. The quantitative estimate of drug-likeness (QED) is 0.345. The number of non-ortho nitro benzene ring substituents is 1. The van der Waals surface area contributed by atoms with Gasteiger partial charge in [0.05, 0.1) is 18.0 Å². The molecule has 96 valence electrons. The summed E-state index contributed by atoms with van der Waals surface area (Å²) in [6.07, 6.45) is 0.443. The molecule has 6 nitrogen and oxygen atoms in total. The molecule has 0 unspecified atom stereocenters. The zero-order valence-corrected chi connectivity index (χ0v) is 10.1. The zero-order chi connectivity index (χ0) is 13.7. The maximum atomic E-state index is 11.4. The van der Waals surface area contributed by atoms with Crippen LogP contribution < -0.4 is 0 Å². The number of hydrogen-bond acceptors (Lipinski definition) is 5. The van der Waals surface area contributed by atoms with Gasteiger partial charge in [-0.1, -0.05) is 0 Å². The van der Waals surface area contributed by atoms with E-state index in [9.17, 15) is 19.7 Å². The molecule has 0 fully saturated rings. The Morgan fingerprint density at radius 2 is 2.17 bits per heavy atom. The summed E-state index contributed by atoms with van der Waals surface area (Å²) in [5.74, 6) is -0.513. The Bertz CT molecular complexity index is 495. The van der Waals surface area contributed by atoms with Crippen molar-refractivity contribution in [3.05, 3.63) is 38.9 Å². The van der Waals surface area contributed by atoms with E-state index >= 15 is 0 Å². The number of nitrogens with zero attached hydrogens (tertiary/aromatic N) is 1. The van der Waals surface area contributed by atoms with Crippen LogP contribution >= 0.6 is 0 Å². The first-order valence-electron chi connectivity index (χ1n) is 5.38. The number of carbonyl (C=O) groups excluding carboxylic acids is 2. The van der Waals surface area contributed by atoms with E-state index in [1.165, 1.54) is 12.1 Å². The molecule has 0 atom stereocenters. The molecule has 1 rings (SSSR count). The Morgan fingerprint density at radius 1 is 1.50 bits per heavy atom. The first-order chi connectivity index (χ1) is 8.49. The van der Waals surface area contributed by atoms with Crippen molar-refractivity contribution in [2.45, 2.75) is 20.3 Å². The second-order valence-corrected chi connectivity index (χ2v) is 3.69. The molecular formula is C12H13NO5. The van der Waals surface area contributed by atoms with E-state index in [2.05, 4.69) is 0 Å². The van der Waals surface area contributed by atoms with Crippen molar-refractivity contribution >= 4 is 17.9 Å².